The van der Waals surface area contributed by atoms with Crippen LogP contribution in [-0.2, 0) is 9.47 Å². The van der Waals surface area contributed by atoms with E-state index in [4.69, 9.17) is 9.47 Å². The van der Waals surface area contributed by atoms with E-state index in [1.165, 1.54) is 24.3 Å². The summed E-state index contributed by atoms with van der Waals surface area (Å²) < 4.78 is 49.5. The Hall–Kier alpha value is -2.28. The zero-order valence-electron chi connectivity index (χ0n) is 15.1. The first-order valence-corrected chi connectivity index (χ1v) is 8.89. The van der Waals surface area contributed by atoms with Gasteiger partial charge in [0.25, 0.3) is 0 Å². The number of ether oxygens (including phenoxy) is 2. The first-order chi connectivity index (χ1) is 12.8. The summed E-state index contributed by atoms with van der Waals surface area (Å²) >= 11 is 0. The van der Waals surface area contributed by atoms with Crippen molar-refractivity contribution in [2.45, 2.75) is 44.9 Å². The Kier molecular flexibility index (Phi) is 7.47. The maximum Gasteiger partial charge on any atom is 0.425 e. The minimum atomic E-state index is -4.61. The highest BCUT2D eigenvalue weighted by molar-refractivity contribution is 5.95. The second-order valence-corrected chi connectivity index (χ2v) is 6.23. The second-order valence-electron chi connectivity index (χ2n) is 6.23. The standard InChI is InChI=1S/C20H23F3O4/c1-2-26-11-5-3-4-6-18(20(21,22)23)27-19(25)16-8-7-15-13-17(24)10-9-14(15)12-16/h7-10,12-13,18,24H,2-6,11H2,1H3/t18-/m1/s1. The van der Waals surface area contributed by atoms with Crippen molar-refractivity contribution in [3.63, 3.8) is 0 Å². The van der Waals surface area contributed by atoms with E-state index < -0.39 is 18.2 Å². The van der Waals surface area contributed by atoms with Crippen LogP contribution in [0.25, 0.3) is 10.8 Å². The summed E-state index contributed by atoms with van der Waals surface area (Å²) in [6, 6.07) is 8.93. The fourth-order valence-electron chi connectivity index (χ4n) is 2.70. The van der Waals surface area contributed by atoms with Gasteiger partial charge in [-0.1, -0.05) is 18.6 Å². The predicted octanol–water partition coefficient (Wildman–Crippen LogP) is 5.23. The van der Waals surface area contributed by atoms with Crippen LogP contribution in [0.1, 0.15) is 43.0 Å². The number of unbranched alkanes of at least 4 members (excludes halogenated alkanes) is 2. The maximum absolute atomic E-state index is 13.2. The van der Waals surface area contributed by atoms with Crippen LogP contribution in [0.2, 0.25) is 0 Å². The smallest absolute Gasteiger partial charge is 0.425 e. The molecule has 0 aliphatic heterocycles. The third-order valence-corrected chi connectivity index (χ3v) is 4.13. The minimum absolute atomic E-state index is 0.0405. The van der Waals surface area contributed by atoms with Crippen molar-refractivity contribution in [1.29, 1.82) is 0 Å². The first-order valence-electron chi connectivity index (χ1n) is 8.89. The zero-order chi connectivity index (χ0) is 19.9. The molecule has 0 saturated heterocycles. The molecule has 2 aromatic rings. The van der Waals surface area contributed by atoms with E-state index in [1.807, 2.05) is 6.92 Å². The molecule has 0 aliphatic carbocycles. The molecule has 0 unspecified atom stereocenters. The lowest BCUT2D eigenvalue weighted by Crippen LogP contribution is -2.33. The topological polar surface area (TPSA) is 55.8 Å². The average molecular weight is 384 g/mol. The highest BCUT2D eigenvalue weighted by atomic mass is 19.4. The Labute approximate surface area is 155 Å². The Balaban J connectivity index is 1.99. The number of carbonyl (C=O) groups is 1. The Morgan fingerprint density at radius 1 is 1.07 bits per heavy atom. The molecule has 148 valence electrons. The summed E-state index contributed by atoms with van der Waals surface area (Å²) in [6.45, 7) is 2.95. The van der Waals surface area contributed by atoms with Crippen molar-refractivity contribution in [3.05, 3.63) is 42.0 Å². The number of carbonyl (C=O) groups excluding carboxylic acids is 1. The lowest BCUT2D eigenvalue weighted by Gasteiger charge is -2.20. The molecule has 2 rings (SSSR count). The highest BCUT2D eigenvalue weighted by Crippen LogP contribution is 2.28. The third-order valence-electron chi connectivity index (χ3n) is 4.13. The molecular weight excluding hydrogens is 361 g/mol. The summed E-state index contributed by atoms with van der Waals surface area (Å²) in [5.41, 5.74) is 0.0405. The molecule has 0 aromatic heterocycles. The number of hydrogen-bond acceptors (Lipinski definition) is 4. The van der Waals surface area contributed by atoms with E-state index >= 15 is 0 Å². The molecule has 0 saturated carbocycles. The van der Waals surface area contributed by atoms with Crippen molar-refractivity contribution in [1.82, 2.24) is 0 Å². The molecule has 0 radical (unpaired) electrons. The van der Waals surface area contributed by atoms with E-state index in [0.717, 1.165) is 0 Å². The van der Waals surface area contributed by atoms with Crippen molar-refractivity contribution in [2.24, 2.45) is 0 Å². The van der Waals surface area contributed by atoms with Gasteiger partial charge in [0.1, 0.15) is 5.75 Å². The predicted molar refractivity (Wildman–Crippen MR) is 95.8 cm³/mol. The molecule has 27 heavy (non-hydrogen) atoms. The molecule has 4 nitrogen and oxygen atoms in total. The lowest BCUT2D eigenvalue weighted by atomic mass is 10.1. The van der Waals surface area contributed by atoms with Gasteiger partial charge in [0.15, 0.2) is 6.10 Å². The van der Waals surface area contributed by atoms with E-state index in [9.17, 15) is 23.1 Å². The van der Waals surface area contributed by atoms with Crippen LogP contribution >= 0.6 is 0 Å². The van der Waals surface area contributed by atoms with Gasteiger partial charge in [0.05, 0.1) is 5.56 Å². The number of alkyl halides is 3. The van der Waals surface area contributed by atoms with Gasteiger partial charge < -0.3 is 14.6 Å². The highest BCUT2D eigenvalue weighted by Gasteiger charge is 2.42. The number of rotatable bonds is 9. The van der Waals surface area contributed by atoms with Gasteiger partial charge >= 0.3 is 12.1 Å². The Morgan fingerprint density at radius 2 is 1.78 bits per heavy atom. The number of fused-ring (bicyclic) bond motifs is 1. The van der Waals surface area contributed by atoms with Gasteiger partial charge in [0.2, 0.25) is 0 Å². The molecule has 1 atom stereocenters. The van der Waals surface area contributed by atoms with E-state index in [0.29, 0.717) is 43.2 Å². The van der Waals surface area contributed by atoms with Gasteiger partial charge in [-0.3, -0.25) is 0 Å². The van der Waals surface area contributed by atoms with Crippen LogP contribution in [0.15, 0.2) is 36.4 Å². The zero-order valence-corrected chi connectivity index (χ0v) is 15.1. The SMILES string of the molecule is CCOCCCCC[C@@H](OC(=O)c1ccc2cc(O)ccc2c1)C(F)(F)F. The average Bonchev–Trinajstić information content (AvgIpc) is 2.62. The van der Waals surface area contributed by atoms with Gasteiger partial charge in [-0.25, -0.2) is 4.79 Å². The molecule has 0 fully saturated rings. The van der Waals surface area contributed by atoms with E-state index in [2.05, 4.69) is 0 Å². The molecule has 0 spiro atoms. The van der Waals surface area contributed by atoms with Crippen LogP contribution in [0.5, 0.6) is 5.75 Å². The van der Waals surface area contributed by atoms with Crippen molar-refractivity contribution >= 4 is 16.7 Å². The van der Waals surface area contributed by atoms with Gasteiger partial charge in [0, 0.05) is 13.2 Å². The van der Waals surface area contributed by atoms with Crippen LogP contribution in [0.4, 0.5) is 13.2 Å². The molecule has 0 bridgehead atoms. The lowest BCUT2D eigenvalue weighted by molar-refractivity contribution is -0.206. The Bertz CT molecular complexity index is 758. The van der Waals surface area contributed by atoms with Gasteiger partial charge in [-0.05, 0) is 61.2 Å². The molecule has 0 aliphatic rings. The number of esters is 1. The fourth-order valence-corrected chi connectivity index (χ4v) is 2.70. The third kappa shape index (κ3) is 6.43. The molecular formula is C20H23F3O4. The number of aromatic hydroxyl groups is 1. The largest absolute Gasteiger partial charge is 0.508 e. The van der Waals surface area contributed by atoms with Crippen LogP contribution in [0, 0.1) is 0 Å². The molecule has 1 N–H and O–H groups in total. The quantitative estimate of drug-likeness (QED) is 0.475. The number of benzene rings is 2. The number of hydrogen-bond donors (Lipinski definition) is 1. The van der Waals surface area contributed by atoms with Crippen LogP contribution in [-0.4, -0.2) is 36.6 Å². The maximum atomic E-state index is 13.2. The Morgan fingerprint density at radius 3 is 2.48 bits per heavy atom. The first kappa shape index (κ1) is 21.0. The van der Waals surface area contributed by atoms with Crippen LogP contribution < -0.4 is 0 Å². The van der Waals surface area contributed by atoms with Crippen molar-refractivity contribution < 1.29 is 32.5 Å². The van der Waals surface area contributed by atoms with Gasteiger partial charge in [-0.15, -0.1) is 0 Å². The number of phenols is 1. The molecule has 0 heterocycles. The molecule has 2 aromatic carbocycles. The summed E-state index contributed by atoms with van der Waals surface area (Å²) in [5.74, 6) is -0.944. The number of phenolic OH excluding ortho intramolecular Hbond substituents is 1. The number of halogens is 3. The molecule has 0 amide bonds. The van der Waals surface area contributed by atoms with Crippen molar-refractivity contribution in [3.8, 4) is 5.75 Å². The molecule has 7 heteroatoms. The second kappa shape index (κ2) is 9.60. The summed E-state index contributed by atoms with van der Waals surface area (Å²) in [7, 11) is 0. The summed E-state index contributed by atoms with van der Waals surface area (Å²) in [5, 5.41) is 10.7. The fraction of sp³-hybridized carbons (Fsp3) is 0.450. The van der Waals surface area contributed by atoms with Crippen molar-refractivity contribution in [2.75, 3.05) is 13.2 Å². The minimum Gasteiger partial charge on any atom is -0.508 e. The normalized spacial score (nSPS) is 12.9. The van der Waals surface area contributed by atoms with Gasteiger partial charge in [-0.2, -0.15) is 13.2 Å². The summed E-state index contributed by atoms with van der Waals surface area (Å²) in [6.07, 6.45) is -5.48. The van der Waals surface area contributed by atoms with Crippen LogP contribution in [0.3, 0.4) is 0 Å². The monoisotopic (exact) mass is 384 g/mol. The van der Waals surface area contributed by atoms with E-state index in [1.54, 1.807) is 12.1 Å². The summed E-state index contributed by atoms with van der Waals surface area (Å²) in [4.78, 5) is 12.2. The van der Waals surface area contributed by atoms with E-state index in [-0.39, 0.29) is 17.7 Å².